The molecular formula is C12H18N2O5. The van der Waals surface area contributed by atoms with Crippen molar-refractivity contribution in [3.05, 3.63) is 28.3 Å². The van der Waals surface area contributed by atoms with E-state index in [-0.39, 0.29) is 12.3 Å². The molecule has 7 heteroatoms. The molecule has 0 spiro atoms. The van der Waals surface area contributed by atoms with Crippen molar-refractivity contribution < 1.29 is 19.5 Å². The highest BCUT2D eigenvalue weighted by atomic mass is 16.6. The second-order valence-electron chi connectivity index (χ2n) is 3.79. The lowest BCUT2D eigenvalue weighted by Crippen LogP contribution is -2.08. The van der Waals surface area contributed by atoms with Crippen LogP contribution in [0.15, 0.2) is 18.2 Å². The number of rotatable bonds is 9. The molecule has 0 amide bonds. The number of nitrogens with one attached hydrogen (secondary N) is 1. The third-order valence-electron chi connectivity index (χ3n) is 2.37. The lowest BCUT2D eigenvalue weighted by molar-refractivity contribution is -0.384. The molecule has 0 atom stereocenters. The number of hydrogen-bond donors (Lipinski definition) is 2. The van der Waals surface area contributed by atoms with E-state index in [4.69, 9.17) is 14.6 Å². The monoisotopic (exact) mass is 270 g/mol. The molecule has 0 unspecified atom stereocenters. The fourth-order valence-corrected chi connectivity index (χ4v) is 1.48. The number of aliphatic hydroxyl groups excluding tert-OH is 1. The minimum Gasteiger partial charge on any atom is -0.496 e. The molecule has 0 bridgehead atoms. The average molecular weight is 270 g/mol. The predicted molar refractivity (Wildman–Crippen MR) is 70.7 cm³/mol. The topological polar surface area (TPSA) is 93.9 Å². The molecular weight excluding hydrogens is 252 g/mol. The summed E-state index contributed by atoms with van der Waals surface area (Å²) in [7, 11) is 1.46. The quantitative estimate of drug-likeness (QED) is 0.400. The maximum atomic E-state index is 10.7. The van der Waals surface area contributed by atoms with E-state index in [2.05, 4.69) is 5.32 Å². The van der Waals surface area contributed by atoms with Crippen LogP contribution in [-0.2, 0) is 4.74 Å². The maximum Gasteiger partial charge on any atom is 0.275 e. The first-order valence-electron chi connectivity index (χ1n) is 5.93. The van der Waals surface area contributed by atoms with Crippen molar-refractivity contribution >= 4 is 11.4 Å². The Bertz CT molecular complexity index is 411. The van der Waals surface area contributed by atoms with Gasteiger partial charge in [-0.15, -0.1) is 0 Å². The van der Waals surface area contributed by atoms with Gasteiger partial charge in [-0.3, -0.25) is 10.1 Å². The van der Waals surface area contributed by atoms with Gasteiger partial charge in [0.15, 0.2) is 0 Å². The standard InChI is InChI=1S/C12H18N2O5/c1-18-12-8-10(7-11(9-12)14(16)17)13-3-2-5-19-6-4-15/h7-9,13,15H,2-6H2,1H3. The largest absolute Gasteiger partial charge is 0.496 e. The number of hydrogen-bond acceptors (Lipinski definition) is 6. The number of anilines is 1. The molecule has 0 aliphatic carbocycles. The Hall–Kier alpha value is -1.86. The molecule has 7 nitrogen and oxygen atoms in total. The summed E-state index contributed by atoms with van der Waals surface area (Å²) in [5.41, 5.74) is 0.617. The first-order valence-corrected chi connectivity index (χ1v) is 5.93. The molecule has 0 fully saturated rings. The van der Waals surface area contributed by atoms with Crippen LogP contribution in [0, 0.1) is 10.1 Å². The summed E-state index contributed by atoms with van der Waals surface area (Å²) in [5.74, 6) is 0.438. The molecule has 0 aliphatic rings. The second-order valence-corrected chi connectivity index (χ2v) is 3.79. The fourth-order valence-electron chi connectivity index (χ4n) is 1.48. The Morgan fingerprint density at radius 3 is 2.79 bits per heavy atom. The Kier molecular flexibility index (Phi) is 6.62. The van der Waals surface area contributed by atoms with Crippen molar-refractivity contribution in [1.29, 1.82) is 0 Å². The van der Waals surface area contributed by atoms with Gasteiger partial charge in [-0.25, -0.2) is 0 Å². The van der Waals surface area contributed by atoms with Crippen LogP contribution in [0.3, 0.4) is 0 Å². The highest BCUT2D eigenvalue weighted by Crippen LogP contribution is 2.25. The third kappa shape index (κ3) is 5.54. The normalized spacial score (nSPS) is 10.2. The van der Waals surface area contributed by atoms with E-state index in [1.165, 1.54) is 19.2 Å². The van der Waals surface area contributed by atoms with E-state index in [1.54, 1.807) is 6.07 Å². The van der Waals surface area contributed by atoms with Crippen molar-refractivity contribution in [2.75, 3.05) is 38.8 Å². The zero-order valence-corrected chi connectivity index (χ0v) is 10.8. The van der Waals surface area contributed by atoms with Crippen molar-refractivity contribution in [2.45, 2.75) is 6.42 Å². The number of nitro benzene ring substituents is 1. The Labute approximate surface area is 111 Å². The number of aliphatic hydroxyl groups is 1. The molecule has 0 saturated heterocycles. The highest BCUT2D eigenvalue weighted by molar-refractivity contribution is 5.56. The van der Waals surface area contributed by atoms with Crippen LogP contribution >= 0.6 is 0 Å². The molecule has 19 heavy (non-hydrogen) atoms. The van der Waals surface area contributed by atoms with Crippen LogP contribution < -0.4 is 10.1 Å². The zero-order chi connectivity index (χ0) is 14.1. The first-order chi connectivity index (χ1) is 9.17. The van der Waals surface area contributed by atoms with E-state index < -0.39 is 4.92 Å². The molecule has 0 aromatic heterocycles. The first kappa shape index (κ1) is 15.2. The van der Waals surface area contributed by atoms with Gasteiger partial charge in [0.1, 0.15) is 5.75 Å². The Morgan fingerprint density at radius 2 is 2.16 bits per heavy atom. The lowest BCUT2D eigenvalue weighted by Gasteiger charge is -2.08. The van der Waals surface area contributed by atoms with Crippen molar-refractivity contribution in [1.82, 2.24) is 0 Å². The van der Waals surface area contributed by atoms with Gasteiger partial charge in [0, 0.05) is 31.0 Å². The zero-order valence-electron chi connectivity index (χ0n) is 10.8. The number of methoxy groups -OCH3 is 1. The van der Waals surface area contributed by atoms with E-state index in [9.17, 15) is 10.1 Å². The van der Waals surface area contributed by atoms with E-state index in [0.29, 0.717) is 31.2 Å². The van der Waals surface area contributed by atoms with Crippen molar-refractivity contribution in [2.24, 2.45) is 0 Å². The molecule has 1 rings (SSSR count). The van der Waals surface area contributed by atoms with Gasteiger partial charge in [0.05, 0.1) is 31.3 Å². The number of ether oxygens (including phenoxy) is 2. The van der Waals surface area contributed by atoms with E-state index in [0.717, 1.165) is 6.42 Å². The average Bonchev–Trinajstić information content (AvgIpc) is 2.42. The van der Waals surface area contributed by atoms with Crippen molar-refractivity contribution in [3.8, 4) is 5.75 Å². The molecule has 2 N–H and O–H groups in total. The van der Waals surface area contributed by atoms with Gasteiger partial charge in [-0.05, 0) is 6.42 Å². The number of benzene rings is 1. The summed E-state index contributed by atoms with van der Waals surface area (Å²) in [6.45, 7) is 1.48. The van der Waals surface area contributed by atoms with Crippen molar-refractivity contribution in [3.63, 3.8) is 0 Å². The number of nitrogens with zero attached hydrogens (tertiary/aromatic N) is 1. The maximum absolute atomic E-state index is 10.7. The number of non-ortho nitro benzene ring substituents is 1. The van der Waals surface area contributed by atoms with E-state index in [1.807, 2.05) is 0 Å². The minimum atomic E-state index is -0.460. The molecule has 1 aromatic rings. The summed E-state index contributed by atoms with van der Waals surface area (Å²) in [4.78, 5) is 10.3. The van der Waals surface area contributed by atoms with Gasteiger partial charge >= 0.3 is 0 Å². The molecule has 0 aliphatic heterocycles. The molecule has 106 valence electrons. The van der Waals surface area contributed by atoms with Gasteiger partial charge in [-0.1, -0.05) is 0 Å². The van der Waals surface area contributed by atoms with E-state index >= 15 is 0 Å². The smallest absolute Gasteiger partial charge is 0.275 e. The summed E-state index contributed by atoms with van der Waals surface area (Å²) >= 11 is 0. The highest BCUT2D eigenvalue weighted by Gasteiger charge is 2.09. The summed E-state index contributed by atoms with van der Waals surface area (Å²) in [6, 6.07) is 4.52. The summed E-state index contributed by atoms with van der Waals surface area (Å²) < 4.78 is 10.1. The third-order valence-corrected chi connectivity index (χ3v) is 2.37. The fraction of sp³-hybridized carbons (Fsp3) is 0.500. The van der Waals surface area contributed by atoms with Crippen LogP contribution in [0.25, 0.3) is 0 Å². The van der Waals surface area contributed by atoms with Gasteiger partial charge in [0.2, 0.25) is 0 Å². The van der Waals surface area contributed by atoms with Crippen LogP contribution in [0.5, 0.6) is 5.75 Å². The molecule has 0 radical (unpaired) electrons. The SMILES string of the molecule is COc1cc(NCCCOCCO)cc([N+](=O)[O-])c1. The lowest BCUT2D eigenvalue weighted by atomic mass is 10.2. The van der Waals surface area contributed by atoms with Gasteiger partial charge in [-0.2, -0.15) is 0 Å². The molecule has 0 saturated carbocycles. The Balaban J connectivity index is 2.48. The Morgan fingerprint density at radius 1 is 1.37 bits per heavy atom. The van der Waals surface area contributed by atoms with Crippen LogP contribution in [0.1, 0.15) is 6.42 Å². The summed E-state index contributed by atoms with van der Waals surface area (Å²) in [5, 5.41) is 22.3. The molecule has 1 aromatic carbocycles. The van der Waals surface area contributed by atoms with Gasteiger partial charge in [0.25, 0.3) is 5.69 Å². The van der Waals surface area contributed by atoms with Crippen LogP contribution in [0.4, 0.5) is 11.4 Å². The molecule has 0 heterocycles. The second kappa shape index (κ2) is 8.28. The van der Waals surface area contributed by atoms with Gasteiger partial charge < -0.3 is 19.9 Å². The van der Waals surface area contributed by atoms with Crippen LogP contribution in [-0.4, -0.2) is 43.5 Å². The van der Waals surface area contributed by atoms with Crippen LogP contribution in [0.2, 0.25) is 0 Å². The predicted octanol–water partition coefficient (Wildman–Crippen LogP) is 1.41. The number of nitro groups is 1. The summed E-state index contributed by atoms with van der Waals surface area (Å²) in [6.07, 6.45) is 0.741. The minimum absolute atomic E-state index is 0.00943.